The molecule has 0 radical (unpaired) electrons. The molecule has 0 bridgehead atoms. The molecule has 240 valence electrons. The Kier molecular flexibility index (Phi) is 3.98. The fourth-order valence-electron chi connectivity index (χ4n) is 7.13. The van der Waals surface area contributed by atoms with Crippen molar-refractivity contribution in [2.45, 2.75) is 19.3 Å². The summed E-state index contributed by atoms with van der Waals surface area (Å²) in [5, 5.41) is -2.16. The lowest BCUT2D eigenvalue weighted by molar-refractivity contribution is 0.660. The Morgan fingerprint density at radius 1 is 0.412 bits per heavy atom. The number of hydrogen-bond donors (Lipinski definition) is 0. The number of rotatable bonds is 4. The van der Waals surface area contributed by atoms with Crippen LogP contribution in [0.5, 0.6) is 0 Å². The first-order valence-electron chi connectivity index (χ1n) is 23.8. The fraction of sp³-hybridized carbons (Fsp3) is 0.0625. The lowest BCUT2D eigenvalue weighted by atomic mass is 9.82. The van der Waals surface area contributed by atoms with Crippen LogP contribution in [0.15, 0.2) is 163 Å². The van der Waals surface area contributed by atoms with E-state index in [4.69, 9.17) is 27.3 Å². The van der Waals surface area contributed by atoms with Crippen molar-refractivity contribution < 1.29 is 20.6 Å². The molecule has 10 rings (SSSR count). The van der Waals surface area contributed by atoms with Gasteiger partial charge in [0.2, 0.25) is 0 Å². The van der Waals surface area contributed by atoms with Gasteiger partial charge in [-0.15, -0.1) is 0 Å². The van der Waals surface area contributed by atoms with Gasteiger partial charge in [0.15, 0.2) is 17.5 Å². The van der Waals surface area contributed by atoms with Gasteiger partial charge in [0, 0.05) is 22.1 Å². The molecule has 9 aromatic rings. The number of hydrogen-bond acceptors (Lipinski definition) is 3. The van der Waals surface area contributed by atoms with E-state index in [0.717, 1.165) is 22.3 Å². The summed E-state index contributed by atoms with van der Waals surface area (Å²) in [7, 11) is 0. The van der Waals surface area contributed by atoms with Crippen molar-refractivity contribution in [3.8, 4) is 56.4 Å². The van der Waals surface area contributed by atoms with Crippen LogP contribution in [0.3, 0.4) is 0 Å². The summed E-state index contributed by atoms with van der Waals surface area (Å²) in [6.45, 7) is 4.26. The zero-order valence-electron chi connectivity index (χ0n) is 42.3. The summed E-state index contributed by atoms with van der Waals surface area (Å²) in [5.74, 6) is 0.126. The monoisotopic (exact) mass is 666 g/mol. The number of nitrogens with zero attached hydrogens (tertiary/aromatic N) is 3. The second-order valence-corrected chi connectivity index (χ2v) is 12.8. The zero-order chi connectivity index (χ0) is 47.2. The minimum Gasteiger partial charge on any atom is -0.208 e. The summed E-state index contributed by atoms with van der Waals surface area (Å²) < 4.78 is 136. The highest BCUT2D eigenvalue weighted by molar-refractivity contribution is 6.25. The van der Waals surface area contributed by atoms with Crippen LogP contribution in [-0.2, 0) is 5.41 Å². The number of aromatic nitrogens is 3. The molecule has 3 nitrogen and oxygen atoms in total. The van der Waals surface area contributed by atoms with Gasteiger partial charge >= 0.3 is 0 Å². The summed E-state index contributed by atoms with van der Waals surface area (Å²) in [5.41, 5.74) is 3.37. The van der Waals surface area contributed by atoms with Crippen molar-refractivity contribution >= 4 is 32.3 Å². The van der Waals surface area contributed by atoms with Crippen molar-refractivity contribution in [1.82, 2.24) is 15.0 Å². The summed E-state index contributed by atoms with van der Waals surface area (Å²) in [4.78, 5) is 14.6. The molecular weight excluding hydrogens is 619 g/mol. The second kappa shape index (κ2) is 11.3. The lowest BCUT2D eigenvalue weighted by Gasteiger charge is -2.21. The third-order valence-electron chi connectivity index (χ3n) is 9.55. The molecule has 1 aromatic heterocycles. The third kappa shape index (κ3) is 4.62. The Morgan fingerprint density at radius 2 is 0.961 bits per heavy atom. The standard InChI is InChI=1S/C48H33N3/c1-48(2)42-24-11-10-22-39(42)44-40(23-13-25-43(44)48)47-50-45(30-14-4-3-5-15-30)49-46(51-47)33-17-12-16-31(28-33)32-26-27-38-36-20-7-6-18-34(36)35-19-8-9-21-37(35)41(38)29-32/h3-29H,1-2H3/i6D,7D,8D,9D,12D,16D,17D,18D,19D,20D,21D,26D,27D,28D,29D. The molecule has 51 heavy (non-hydrogen) atoms. The molecule has 1 aliphatic carbocycles. The molecular formula is C48H33N3. The van der Waals surface area contributed by atoms with Crippen molar-refractivity contribution in [2.24, 2.45) is 0 Å². The normalized spacial score (nSPS) is 17.2. The third-order valence-corrected chi connectivity index (χ3v) is 9.55. The van der Waals surface area contributed by atoms with Crippen molar-refractivity contribution in [2.75, 3.05) is 0 Å². The van der Waals surface area contributed by atoms with E-state index in [-0.39, 0.29) is 60.8 Å². The van der Waals surface area contributed by atoms with Gasteiger partial charge < -0.3 is 0 Å². The molecule has 0 saturated carbocycles. The first kappa shape index (κ1) is 18.0. The molecule has 0 atom stereocenters. The predicted octanol–water partition coefficient (Wildman–Crippen LogP) is 12.3. The van der Waals surface area contributed by atoms with Crippen LogP contribution in [0.4, 0.5) is 0 Å². The molecule has 0 aliphatic heterocycles. The van der Waals surface area contributed by atoms with E-state index in [1.165, 1.54) is 0 Å². The minimum absolute atomic E-state index is 0.166. The molecule has 8 aromatic carbocycles. The Morgan fingerprint density at radius 3 is 1.71 bits per heavy atom. The largest absolute Gasteiger partial charge is 0.208 e. The average molecular weight is 667 g/mol. The van der Waals surface area contributed by atoms with Crippen LogP contribution in [-0.4, -0.2) is 15.0 Å². The first-order valence-corrected chi connectivity index (χ1v) is 16.3. The van der Waals surface area contributed by atoms with E-state index in [1.54, 1.807) is 24.3 Å². The molecule has 1 aliphatic rings. The number of fused-ring (bicyclic) bond motifs is 9. The van der Waals surface area contributed by atoms with Crippen molar-refractivity contribution in [1.29, 1.82) is 0 Å². The number of benzene rings is 8. The maximum atomic E-state index is 9.77. The zero-order valence-corrected chi connectivity index (χ0v) is 27.3. The molecule has 0 unspecified atom stereocenters. The van der Waals surface area contributed by atoms with Crippen LogP contribution >= 0.6 is 0 Å². The fourth-order valence-corrected chi connectivity index (χ4v) is 7.13. The lowest BCUT2D eigenvalue weighted by Crippen LogP contribution is -2.14. The predicted molar refractivity (Wildman–Crippen MR) is 212 cm³/mol. The van der Waals surface area contributed by atoms with Gasteiger partial charge in [0.25, 0.3) is 0 Å². The Balaban J connectivity index is 1.33. The molecule has 1 heterocycles. The van der Waals surface area contributed by atoms with Gasteiger partial charge in [0.05, 0.1) is 20.6 Å². The maximum Gasteiger partial charge on any atom is 0.164 e. The van der Waals surface area contributed by atoms with E-state index in [1.807, 2.05) is 42.5 Å². The van der Waals surface area contributed by atoms with Gasteiger partial charge in [-0.05, 0) is 77.8 Å². The van der Waals surface area contributed by atoms with E-state index >= 15 is 0 Å². The Labute approximate surface area is 318 Å². The molecule has 0 amide bonds. The molecule has 0 fully saturated rings. The van der Waals surface area contributed by atoms with Crippen molar-refractivity contribution in [3.63, 3.8) is 0 Å². The van der Waals surface area contributed by atoms with Crippen LogP contribution in [0.1, 0.15) is 45.5 Å². The second-order valence-electron chi connectivity index (χ2n) is 12.8. The summed E-state index contributed by atoms with van der Waals surface area (Å²) in [6.07, 6.45) is 0. The molecule has 3 heteroatoms. The minimum atomic E-state index is -0.770. The van der Waals surface area contributed by atoms with Crippen LogP contribution in [0, 0.1) is 0 Å². The highest BCUT2D eigenvalue weighted by Gasteiger charge is 2.37. The van der Waals surface area contributed by atoms with E-state index < -0.39 is 102 Å². The van der Waals surface area contributed by atoms with Gasteiger partial charge in [-0.3, -0.25) is 0 Å². The molecule has 0 N–H and O–H groups in total. The molecule has 0 spiro atoms. The van der Waals surface area contributed by atoms with E-state index in [2.05, 4.69) is 19.9 Å². The Hall–Kier alpha value is -6.45. The highest BCUT2D eigenvalue weighted by Crippen LogP contribution is 2.51. The quantitative estimate of drug-likeness (QED) is 0.175. The summed E-state index contributed by atoms with van der Waals surface area (Å²) in [6, 6.07) is 12.3. The maximum absolute atomic E-state index is 9.77. The van der Waals surface area contributed by atoms with Gasteiger partial charge in [0.1, 0.15) is 0 Å². The van der Waals surface area contributed by atoms with Crippen LogP contribution in [0.2, 0.25) is 0 Å². The van der Waals surface area contributed by atoms with Crippen molar-refractivity contribution in [3.05, 3.63) is 175 Å². The van der Waals surface area contributed by atoms with Gasteiger partial charge in [-0.2, -0.15) is 0 Å². The summed E-state index contributed by atoms with van der Waals surface area (Å²) >= 11 is 0. The topological polar surface area (TPSA) is 38.7 Å². The van der Waals surface area contributed by atoms with Crippen LogP contribution < -0.4 is 0 Å². The SMILES string of the molecule is [2H]c1c([2H])c(-c2nc(-c3ccccc3)nc(-c3cccc4c3-c3ccccc3C4(C)C)n2)c([2H])c(-c2c([2H])c([2H])c3c4c([2H])c([2H])c([2H])c([2H])c4c4c([2H])c([2H])c([2H])c([2H])c4c3c2[2H])c1[2H]. The average Bonchev–Trinajstić information content (AvgIpc) is 3.55. The van der Waals surface area contributed by atoms with Gasteiger partial charge in [-0.1, -0.05) is 165 Å². The Bertz CT molecular complexity index is 3640. The van der Waals surface area contributed by atoms with E-state index in [0.29, 0.717) is 11.1 Å². The van der Waals surface area contributed by atoms with Gasteiger partial charge in [-0.25, -0.2) is 15.0 Å². The smallest absolute Gasteiger partial charge is 0.164 e. The van der Waals surface area contributed by atoms with Crippen LogP contribution in [0.25, 0.3) is 88.7 Å². The molecule has 0 saturated heterocycles. The first-order chi connectivity index (χ1) is 31.3. The van der Waals surface area contributed by atoms with E-state index in [9.17, 15) is 8.22 Å². The highest BCUT2D eigenvalue weighted by atomic mass is 15.0.